The molecule has 1 fully saturated rings. The first-order valence-electron chi connectivity index (χ1n) is 9.18. The lowest BCUT2D eigenvalue weighted by molar-refractivity contribution is -0.147. The molecule has 1 saturated heterocycles. The minimum Gasteiger partial charge on any atom is -0.497 e. The molecule has 31 heavy (non-hydrogen) atoms. The van der Waals surface area contributed by atoms with Crippen LogP contribution >= 0.6 is 23.2 Å². The molecule has 1 aliphatic heterocycles. The molecular formula is C21H18Cl2N2O6. The van der Waals surface area contributed by atoms with Gasteiger partial charge in [0.1, 0.15) is 5.75 Å². The summed E-state index contributed by atoms with van der Waals surface area (Å²) in [6.07, 6.45) is -0.152. The van der Waals surface area contributed by atoms with Crippen LogP contribution in [0.1, 0.15) is 27.1 Å². The van der Waals surface area contributed by atoms with Gasteiger partial charge in [0.25, 0.3) is 5.91 Å². The molecule has 0 bridgehead atoms. The van der Waals surface area contributed by atoms with E-state index in [0.717, 1.165) is 5.01 Å². The zero-order chi connectivity index (χ0) is 22.5. The van der Waals surface area contributed by atoms with Crippen molar-refractivity contribution in [2.75, 3.05) is 20.3 Å². The van der Waals surface area contributed by atoms with Crippen molar-refractivity contribution < 1.29 is 28.7 Å². The zero-order valence-electron chi connectivity index (χ0n) is 16.4. The topological polar surface area (TPSA) is 102 Å². The van der Waals surface area contributed by atoms with Crippen LogP contribution in [0, 0.1) is 5.92 Å². The average molecular weight is 465 g/mol. The minimum absolute atomic E-state index is 0.0814. The van der Waals surface area contributed by atoms with Gasteiger partial charge in [0, 0.05) is 17.0 Å². The van der Waals surface area contributed by atoms with Crippen LogP contribution in [0.15, 0.2) is 42.5 Å². The first-order valence-corrected chi connectivity index (χ1v) is 9.94. The molecule has 2 amide bonds. The number of halogens is 2. The molecule has 1 aliphatic rings. The van der Waals surface area contributed by atoms with Gasteiger partial charge in [-0.15, -0.1) is 0 Å². The molecular weight excluding hydrogens is 447 g/mol. The second kappa shape index (κ2) is 9.80. The Labute approximate surface area is 188 Å². The van der Waals surface area contributed by atoms with Crippen LogP contribution in [0.5, 0.6) is 5.75 Å². The molecule has 0 radical (unpaired) electrons. The highest BCUT2D eigenvalue weighted by Crippen LogP contribution is 2.22. The molecule has 162 valence electrons. The van der Waals surface area contributed by atoms with Gasteiger partial charge in [-0.25, -0.2) is 0 Å². The van der Waals surface area contributed by atoms with Crippen molar-refractivity contribution in [3.05, 3.63) is 63.6 Å². The van der Waals surface area contributed by atoms with E-state index in [0.29, 0.717) is 16.3 Å². The van der Waals surface area contributed by atoms with Crippen LogP contribution in [0.2, 0.25) is 10.0 Å². The van der Waals surface area contributed by atoms with Gasteiger partial charge in [-0.05, 0) is 30.3 Å². The van der Waals surface area contributed by atoms with Crippen molar-refractivity contribution >= 4 is 46.8 Å². The Balaban J connectivity index is 1.54. The summed E-state index contributed by atoms with van der Waals surface area (Å²) >= 11 is 11.8. The smallest absolute Gasteiger partial charge is 0.311 e. The van der Waals surface area contributed by atoms with E-state index in [1.54, 1.807) is 18.2 Å². The van der Waals surface area contributed by atoms with Crippen molar-refractivity contribution in [1.29, 1.82) is 0 Å². The molecule has 0 aromatic heterocycles. The number of amides is 2. The van der Waals surface area contributed by atoms with Crippen molar-refractivity contribution in [2.24, 2.45) is 5.92 Å². The third-order valence-electron chi connectivity index (χ3n) is 4.61. The molecule has 1 N–H and O–H groups in total. The maximum absolute atomic E-state index is 12.4. The number of hydrogen-bond donors (Lipinski definition) is 1. The van der Waals surface area contributed by atoms with Crippen LogP contribution in [0.25, 0.3) is 0 Å². The third kappa shape index (κ3) is 5.53. The number of methoxy groups -OCH3 is 1. The summed E-state index contributed by atoms with van der Waals surface area (Å²) in [5.41, 5.74) is 2.89. The van der Waals surface area contributed by atoms with E-state index in [9.17, 15) is 19.2 Å². The molecule has 0 spiro atoms. The van der Waals surface area contributed by atoms with Crippen molar-refractivity contribution in [1.82, 2.24) is 10.4 Å². The molecule has 0 saturated carbocycles. The van der Waals surface area contributed by atoms with E-state index in [-0.39, 0.29) is 23.6 Å². The fourth-order valence-electron chi connectivity index (χ4n) is 2.96. The lowest BCUT2D eigenvalue weighted by atomic mass is 10.1. The molecule has 8 nitrogen and oxygen atoms in total. The maximum Gasteiger partial charge on any atom is 0.311 e. The maximum atomic E-state index is 12.4. The predicted octanol–water partition coefficient (Wildman–Crippen LogP) is 2.92. The van der Waals surface area contributed by atoms with Gasteiger partial charge in [0.05, 0.1) is 30.2 Å². The highest BCUT2D eigenvalue weighted by molar-refractivity contribution is 6.36. The summed E-state index contributed by atoms with van der Waals surface area (Å²) in [6, 6.07) is 10.8. The first kappa shape index (κ1) is 22.6. The molecule has 0 aliphatic carbocycles. The van der Waals surface area contributed by atoms with Gasteiger partial charge in [-0.3, -0.25) is 29.6 Å². The van der Waals surface area contributed by atoms with Crippen LogP contribution in [0.3, 0.4) is 0 Å². The first-order chi connectivity index (χ1) is 14.8. The van der Waals surface area contributed by atoms with E-state index in [1.165, 1.54) is 31.4 Å². The van der Waals surface area contributed by atoms with E-state index in [2.05, 4.69) is 5.43 Å². The second-order valence-electron chi connectivity index (χ2n) is 6.73. The number of carbonyl (C=O) groups excluding carboxylic acids is 4. The fourth-order valence-corrected chi connectivity index (χ4v) is 3.46. The van der Waals surface area contributed by atoms with Gasteiger partial charge in [0.2, 0.25) is 5.91 Å². The number of nitrogens with one attached hydrogen (secondary N) is 1. The third-order valence-corrected chi connectivity index (χ3v) is 5.16. The van der Waals surface area contributed by atoms with E-state index < -0.39 is 36.1 Å². The van der Waals surface area contributed by atoms with Crippen molar-refractivity contribution in [3.63, 3.8) is 0 Å². The number of ketones is 1. The van der Waals surface area contributed by atoms with Crippen LogP contribution in [-0.4, -0.2) is 48.8 Å². The Morgan fingerprint density at radius 2 is 1.94 bits per heavy atom. The molecule has 0 unspecified atom stereocenters. The largest absolute Gasteiger partial charge is 0.497 e. The Morgan fingerprint density at radius 3 is 2.65 bits per heavy atom. The van der Waals surface area contributed by atoms with E-state index >= 15 is 0 Å². The Kier molecular flexibility index (Phi) is 7.14. The van der Waals surface area contributed by atoms with Gasteiger partial charge >= 0.3 is 5.97 Å². The normalized spacial score (nSPS) is 15.5. The van der Waals surface area contributed by atoms with Gasteiger partial charge < -0.3 is 9.47 Å². The SMILES string of the molecule is COc1cccc(C(=O)COC(=O)[C@@H]2CC(=O)N(NC(=O)c3ccc(Cl)cc3Cl)C2)c1. The van der Waals surface area contributed by atoms with E-state index in [4.69, 9.17) is 32.7 Å². The molecule has 1 atom stereocenters. The predicted molar refractivity (Wildman–Crippen MR) is 112 cm³/mol. The lowest BCUT2D eigenvalue weighted by Crippen LogP contribution is -2.43. The number of ether oxygens (including phenoxy) is 2. The number of hydrogen-bond acceptors (Lipinski definition) is 6. The van der Waals surface area contributed by atoms with Gasteiger partial charge in [0.15, 0.2) is 12.4 Å². The zero-order valence-corrected chi connectivity index (χ0v) is 17.9. The van der Waals surface area contributed by atoms with E-state index in [1.807, 2.05) is 0 Å². The van der Waals surface area contributed by atoms with Crippen molar-refractivity contribution in [2.45, 2.75) is 6.42 Å². The Hall–Kier alpha value is -3.10. The number of hydrazine groups is 1. The minimum atomic E-state index is -0.813. The molecule has 3 rings (SSSR count). The number of carbonyl (C=O) groups is 4. The highest BCUT2D eigenvalue weighted by Gasteiger charge is 2.37. The molecule has 10 heteroatoms. The summed E-state index contributed by atoms with van der Waals surface area (Å²) in [5.74, 6) is -2.49. The molecule has 2 aromatic rings. The number of nitrogens with zero attached hydrogens (tertiary/aromatic N) is 1. The number of benzene rings is 2. The monoisotopic (exact) mass is 464 g/mol. The van der Waals surface area contributed by atoms with Crippen molar-refractivity contribution in [3.8, 4) is 5.75 Å². The van der Waals surface area contributed by atoms with Crippen LogP contribution in [0.4, 0.5) is 0 Å². The lowest BCUT2D eigenvalue weighted by Gasteiger charge is -2.18. The standard InChI is InChI=1S/C21H18Cl2N2O6/c1-30-15-4-2-3-12(7-15)18(26)11-31-21(29)13-8-19(27)25(10-13)24-20(28)16-6-5-14(22)9-17(16)23/h2-7,9,13H,8,10-11H2,1H3,(H,24,28)/t13-/m1/s1. The van der Waals surface area contributed by atoms with Gasteiger partial charge in [-0.2, -0.15) is 0 Å². The summed E-state index contributed by atoms with van der Waals surface area (Å²) in [6.45, 7) is -0.550. The fraction of sp³-hybridized carbons (Fsp3) is 0.238. The molecule has 1 heterocycles. The quantitative estimate of drug-likeness (QED) is 0.499. The van der Waals surface area contributed by atoms with Crippen LogP contribution < -0.4 is 10.2 Å². The summed E-state index contributed by atoms with van der Waals surface area (Å²) < 4.78 is 10.1. The number of esters is 1. The number of Topliss-reactive ketones (excluding diaryl/α,β-unsaturated/α-hetero) is 1. The Morgan fingerprint density at radius 1 is 1.16 bits per heavy atom. The van der Waals surface area contributed by atoms with Crippen LogP contribution in [-0.2, 0) is 14.3 Å². The average Bonchev–Trinajstić information content (AvgIpc) is 3.11. The summed E-state index contributed by atoms with van der Waals surface area (Å²) in [5, 5.41) is 1.53. The Bertz CT molecular complexity index is 1040. The van der Waals surface area contributed by atoms with Gasteiger partial charge in [-0.1, -0.05) is 35.3 Å². The molecule has 2 aromatic carbocycles. The second-order valence-corrected chi connectivity index (χ2v) is 7.58. The summed E-state index contributed by atoms with van der Waals surface area (Å²) in [4.78, 5) is 49.1. The highest BCUT2D eigenvalue weighted by atomic mass is 35.5. The number of rotatable bonds is 7. The summed E-state index contributed by atoms with van der Waals surface area (Å²) in [7, 11) is 1.48.